The smallest absolute Gasteiger partial charge is 0.266 e. The zero-order chi connectivity index (χ0) is 23.0. The van der Waals surface area contributed by atoms with Gasteiger partial charge in [-0.1, -0.05) is 60.2 Å². The molecular formula is C22H17ClF3N3OS2. The van der Waals surface area contributed by atoms with E-state index in [9.17, 15) is 18.0 Å². The minimum Gasteiger partial charge on any atom is -0.266 e. The number of hydrogen-bond acceptors (Lipinski definition) is 4. The lowest BCUT2D eigenvalue weighted by Crippen LogP contribution is -2.12. The topological polar surface area (TPSA) is 47.2 Å². The zero-order valence-corrected chi connectivity index (χ0v) is 19.4. The number of benzene rings is 2. The lowest BCUT2D eigenvalue weighted by Gasteiger charge is -2.14. The minimum atomic E-state index is -4.53. The van der Waals surface area contributed by atoms with E-state index in [4.69, 9.17) is 11.6 Å². The van der Waals surface area contributed by atoms with Gasteiger partial charge in [-0.25, -0.2) is 0 Å². The molecule has 0 spiro atoms. The maximum Gasteiger partial charge on any atom is 0.416 e. The fourth-order valence-corrected chi connectivity index (χ4v) is 5.58. The molecule has 32 heavy (non-hydrogen) atoms. The van der Waals surface area contributed by atoms with Crippen molar-refractivity contribution in [3.05, 3.63) is 68.7 Å². The second kappa shape index (κ2) is 8.96. The van der Waals surface area contributed by atoms with Gasteiger partial charge in [-0.2, -0.15) is 23.3 Å². The van der Waals surface area contributed by atoms with E-state index in [1.54, 1.807) is 29.8 Å². The molecule has 4 rings (SSSR count). The molecule has 1 amide bonds. The number of alkyl halides is 3. The molecule has 0 bridgehead atoms. The summed E-state index contributed by atoms with van der Waals surface area (Å²) >= 11 is 8.63. The quantitative estimate of drug-likeness (QED) is 0.374. The lowest BCUT2D eigenvalue weighted by molar-refractivity contribution is -0.138. The summed E-state index contributed by atoms with van der Waals surface area (Å²) in [5.74, 6) is 0.530. The molecule has 0 saturated carbocycles. The molecule has 0 aliphatic carbocycles. The first-order valence-corrected chi connectivity index (χ1v) is 11.8. The van der Waals surface area contributed by atoms with Crippen LogP contribution in [0, 0.1) is 6.92 Å². The van der Waals surface area contributed by atoms with Gasteiger partial charge in [0, 0.05) is 10.4 Å². The van der Waals surface area contributed by atoms with Crippen molar-refractivity contribution >= 4 is 62.4 Å². The molecule has 1 aliphatic heterocycles. The molecule has 166 valence electrons. The second-order valence-electron chi connectivity index (χ2n) is 7.01. The Hall–Kier alpha value is -2.23. The molecule has 1 aliphatic rings. The van der Waals surface area contributed by atoms with Crippen LogP contribution in [-0.4, -0.2) is 25.8 Å². The van der Waals surface area contributed by atoms with Crippen LogP contribution in [0.3, 0.4) is 0 Å². The van der Waals surface area contributed by atoms with Gasteiger partial charge in [0.15, 0.2) is 0 Å². The fraction of sp³-hybridized carbons (Fsp3) is 0.227. The van der Waals surface area contributed by atoms with Crippen molar-refractivity contribution in [2.75, 3.05) is 5.75 Å². The third-order valence-electron chi connectivity index (χ3n) is 4.84. The van der Waals surface area contributed by atoms with Gasteiger partial charge in [0.05, 0.1) is 28.2 Å². The summed E-state index contributed by atoms with van der Waals surface area (Å²) in [5, 5.41) is 5.30. The summed E-state index contributed by atoms with van der Waals surface area (Å²) < 4.78 is 42.8. The van der Waals surface area contributed by atoms with Crippen LogP contribution in [0.1, 0.15) is 29.3 Å². The highest BCUT2D eigenvalue weighted by molar-refractivity contribution is 8.41. The summed E-state index contributed by atoms with van der Waals surface area (Å²) in [6.07, 6.45) is -2.76. The highest BCUT2D eigenvalue weighted by Crippen LogP contribution is 2.36. The van der Waals surface area contributed by atoms with Crippen LogP contribution in [0.2, 0.25) is 5.02 Å². The van der Waals surface area contributed by atoms with Crippen LogP contribution in [0.5, 0.6) is 0 Å². The van der Waals surface area contributed by atoms with Crippen LogP contribution in [-0.2, 0) is 17.5 Å². The molecule has 0 radical (unpaired) electrons. The molecule has 10 heteroatoms. The number of aromatic nitrogens is 2. The Bertz CT molecular complexity index is 1280. The average Bonchev–Trinajstić information content (AvgIpc) is 3.22. The lowest BCUT2D eigenvalue weighted by atomic mass is 10.1. The highest BCUT2D eigenvalue weighted by Gasteiger charge is 2.33. The molecule has 1 aromatic heterocycles. The molecule has 4 nitrogen and oxygen atoms in total. The number of hydrogen-bond donors (Lipinski definition) is 0. The van der Waals surface area contributed by atoms with Gasteiger partial charge in [-0.15, -0.1) is 0 Å². The molecule has 2 heterocycles. The van der Waals surface area contributed by atoms with Crippen molar-refractivity contribution in [2.24, 2.45) is 4.99 Å². The molecule has 0 atom stereocenters. The molecule has 0 saturated heterocycles. The highest BCUT2D eigenvalue weighted by atomic mass is 35.5. The van der Waals surface area contributed by atoms with Crippen molar-refractivity contribution in [3.63, 3.8) is 0 Å². The molecule has 0 fully saturated rings. The summed E-state index contributed by atoms with van der Waals surface area (Å²) in [6, 6.07) is 9.20. The summed E-state index contributed by atoms with van der Waals surface area (Å²) in [5.41, 5.74) is 1.41. The van der Waals surface area contributed by atoms with E-state index in [0.717, 1.165) is 22.8 Å². The Morgan fingerprint density at radius 2 is 2.03 bits per heavy atom. The predicted molar refractivity (Wildman–Crippen MR) is 126 cm³/mol. The Morgan fingerprint density at radius 3 is 2.75 bits per heavy atom. The number of aliphatic imine (C=N–C) groups is 1. The number of amides is 1. The number of carbonyl (C=O) groups is 1. The van der Waals surface area contributed by atoms with E-state index in [0.29, 0.717) is 20.5 Å². The van der Waals surface area contributed by atoms with E-state index in [-0.39, 0.29) is 23.0 Å². The summed E-state index contributed by atoms with van der Waals surface area (Å²) in [4.78, 5) is 16.8. The van der Waals surface area contributed by atoms with Gasteiger partial charge in [-0.05, 0) is 48.1 Å². The van der Waals surface area contributed by atoms with Crippen LogP contribution < -0.4 is 0 Å². The predicted octanol–water partition coefficient (Wildman–Crippen LogP) is 6.79. The first-order chi connectivity index (χ1) is 15.2. The van der Waals surface area contributed by atoms with Gasteiger partial charge >= 0.3 is 6.18 Å². The van der Waals surface area contributed by atoms with Gasteiger partial charge in [0.1, 0.15) is 4.38 Å². The number of halogens is 4. The van der Waals surface area contributed by atoms with Gasteiger partial charge in [0.25, 0.3) is 5.91 Å². The average molecular weight is 496 g/mol. The minimum absolute atomic E-state index is 0.0260. The number of fused-ring (bicyclic) bond motifs is 1. The van der Waals surface area contributed by atoms with Crippen molar-refractivity contribution in [3.8, 4) is 0 Å². The van der Waals surface area contributed by atoms with Crippen molar-refractivity contribution in [1.29, 1.82) is 0 Å². The summed E-state index contributed by atoms with van der Waals surface area (Å²) in [7, 11) is 0. The van der Waals surface area contributed by atoms with Crippen molar-refractivity contribution < 1.29 is 18.0 Å². The number of nitrogens with zero attached hydrogens (tertiary/aromatic N) is 3. The van der Waals surface area contributed by atoms with Crippen LogP contribution in [0.25, 0.3) is 17.0 Å². The van der Waals surface area contributed by atoms with Crippen molar-refractivity contribution in [1.82, 2.24) is 9.78 Å². The third kappa shape index (κ3) is 4.60. The van der Waals surface area contributed by atoms with Crippen LogP contribution in [0.15, 0.2) is 46.3 Å². The van der Waals surface area contributed by atoms with Crippen molar-refractivity contribution in [2.45, 2.75) is 26.6 Å². The maximum absolute atomic E-state index is 13.5. The van der Waals surface area contributed by atoms with Crippen LogP contribution >= 0.6 is 35.1 Å². The van der Waals surface area contributed by atoms with Crippen LogP contribution in [0.4, 0.5) is 13.2 Å². The standard InChI is InChI=1S/C22H17ClF3N3OS2/c1-3-31-21-27-20(30)18(32-21)9-13-5-4-6-17-19(13)12(2)28-29(17)11-14-7-8-15(23)10-16(14)22(24,25)26/h4-10H,3,11H2,1-2H3. The van der Waals surface area contributed by atoms with Gasteiger partial charge in [0.2, 0.25) is 0 Å². The monoisotopic (exact) mass is 495 g/mol. The Kier molecular flexibility index (Phi) is 6.42. The van der Waals surface area contributed by atoms with Gasteiger partial charge in [-0.3, -0.25) is 9.48 Å². The maximum atomic E-state index is 13.5. The number of carbonyl (C=O) groups excluding carboxylic acids is 1. The second-order valence-corrected chi connectivity index (χ2v) is 9.99. The third-order valence-corrected chi connectivity index (χ3v) is 7.08. The van der Waals surface area contributed by atoms with Gasteiger partial charge < -0.3 is 0 Å². The Morgan fingerprint density at radius 1 is 1.25 bits per heavy atom. The van der Waals surface area contributed by atoms with E-state index in [1.807, 2.05) is 13.0 Å². The molecule has 2 aromatic carbocycles. The number of thioether (sulfide) groups is 2. The molecule has 0 N–H and O–H groups in total. The molecular weight excluding hydrogens is 479 g/mol. The summed E-state index contributed by atoms with van der Waals surface area (Å²) in [6.45, 7) is 3.72. The first kappa shape index (κ1) is 22.9. The van der Waals surface area contributed by atoms with E-state index < -0.39 is 11.7 Å². The van der Waals surface area contributed by atoms with E-state index >= 15 is 0 Å². The Balaban J connectivity index is 1.74. The SMILES string of the molecule is CCSC1=NC(=O)C(=Cc2cccc3c2c(C)nn3Cc2ccc(Cl)cc2C(F)(F)F)S1. The molecule has 0 unspecified atom stereocenters. The largest absolute Gasteiger partial charge is 0.416 e. The van der Waals surface area contributed by atoms with E-state index in [1.165, 1.54) is 35.7 Å². The first-order valence-electron chi connectivity index (χ1n) is 9.64. The Labute approximate surface area is 195 Å². The zero-order valence-electron chi connectivity index (χ0n) is 17.0. The normalized spacial score (nSPS) is 15.8. The van der Waals surface area contributed by atoms with E-state index in [2.05, 4.69) is 10.1 Å². The fourth-order valence-electron chi connectivity index (χ4n) is 3.52. The molecule has 3 aromatic rings. The number of aryl methyl sites for hydroxylation is 1. The number of rotatable bonds is 4.